The average molecular weight is 332 g/mol. The van der Waals surface area contributed by atoms with Crippen LogP contribution in [-0.4, -0.2) is 17.9 Å². The summed E-state index contributed by atoms with van der Waals surface area (Å²) in [5.74, 6) is -2.99. The maximum Gasteiger partial charge on any atom is 0.240 e. The maximum atomic E-state index is 13.6. The molecule has 0 aliphatic heterocycles. The maximum absolute atomic E-state index is 13.6. The first kappa shape index (κ1) is 17.6. The fourth-order valence-corrected chi connectivity index (χ4v) is 2.40. The van der Waals surface area contributed by atoms with Crippen LogP contribution in [0.2, 0.25) is 0 Å². The highest BCUT2D eigenvalue weighted by molar-refractivity contribution is 5.87. The SMILES string of the molecule is Cc1cccc(C[C@H](NC(=O)Cc2c(F)cccc2F)C(N)=O)c1. The van der Waals surface area contributed by atoms with Crippen molar-refractivity contribution in [1.29, 1.82) is 0 Å². The zero-order valence-electron chi connectivity index (χ0n) is 13.2. The Morgan fingerprint density at radius 1 is 1.12 bits per heavy atom. The van der Waals surface area contributed by atoms with Gasteiger partial charge in [0, 0.05) is 12.0 Å². The lowest BCUT2D eigenvalue weighted by Gasteiger charge is -2.16. The molecule has 2 aromatic rings. The van der Waals surface area contributed by atoms with Gasteiger partial charge in [-0.15, -0.1) is 0 Å². The summed E-state index contributed by atoms with van der Waals surface area (Å²) in [6.07, 6.45) is -0.293. The fraction of sp³-hybridized carbons (Fsp3) is 0.222. The smallest absolute Gasteiger partial charge is 0.240 e. The van der Waals surface area contributed by atoms with E-state index in [1.807, 2.05) is 31.2 Å². The fourth-order valence-electron chi connectivity index (χ4n) is 2.40. The standard InChI is InChI=1S/C18H18F2N2O2/c1-11-4-2-5-12(8-11)9-16(18(21)24)22-17(23)10-13-14(19)6-3-7-15(13)20/h2-8,16H,9-10H2,1H3,(H2,21,24)(H,22,23)/t16-/m0/s1. The van der Waals surface area contributed by atoms with E-state index in [4.69, 9.17) is 5.73 Å². The van der Waals surface area contributed by atoms with Crippen molar-refractivity contribution in [2.75, 3.05) is 0 Å². The first-order valence-electron chi connectivity index (χ1n) is 7.44. The molecule has 0 heterocycles. The van der Waals surface area contributed by atoms with Crippen LogP contribution in [0.15, 0.2) is 42.5 Å². The molecular weight excluding hydrogens is 314 g/mol. The van der Waals surface area contributed by atoms with Crippen LogP contribution in [0, 0.1) is 18.6 Å². The predicted molar refractivity (Wildman–Crippen MR) is 86.1 cm³/mol. The van der Waals surface area contributed by atoms with E-state index in [1.54, 1.807) is 0 Å². The average Bonchev–Trinajstić information content (AvgIpc) is 2.50. The van der Waals surface area contributed by atoms with Crippen molar-refractivity contribution in [3.05, 3.63) is 70.8 Å². The van der Waals surface area contributed by atoms with Crippen molar-refractivity contribution in [3.63, 3.8) is 0 Å². The zero-order chi connectivity index (χ0) is 17.7. The predicted octanol–water partition coefficient (Wildman–Crippen LogP) is 2.03. The van der Waals surface area contributed by atoms with E-state index >= 15 is 0 Å². The monoisotopic (exact) mass is 332 g/mol. The number of hydrogen-bond acceptors (Lipinski definition) is 2. The second-order valence-electron chi connectivity index (χ2n) is 5.59. The van der Waals surface area contributed by atoms with Crippen LogP contribution in [0.5, 0.6) is 0 Å². The molecule has 0 spiro atoms. The van der Waals surface area contributed by atoms with Gasteiger partial charge in [-0.2, -0.15) is 0 Å². The molecule has 0 unspecified atom stereocenters. The minimum absolute atomic E-state index is 0.211. The normalized spacial score (nSPS) is 11.8. The van der Waals surface area contributed by atoms with E-state index in [-0.39, 0.29) is 12.0 Å². The minimum Gasteiger partial charge on any atom is -0.368 e. The van der Waals surface area contributed by atoms with Crippen LogP contribution in [0.25, 0.3) is 0 Å². The van der Waals surface area contributed by atoms with Gasteiger partial charge in [-0.05, 0) is 24.6 Å². The van der Waals surface area contributed by atoms with Crippen LogP contribution >= 0.6 is 0 Å². The highest BCUT2D eigenvalue weighted by atomic mass is 19.1. The molecule has 1 atom stereocenters. The molecule has 0 saturated carbocycles. The van der Waals surface area contributed by atoms with Gasteiger partial charge >= 0.3 is 0 Å². The molecule has 0 saturated heterocycles. The lowest BCUT2D eigenvalue weighted by molar-refractivity contribution is -0.127. The Balaban J connectivity index is 2.07. The second kappa shape index (κ2) is 7.68. The first-order valence-corrected chi connectivity index (χ1v) is 7.44. The van der Waals surface area contributed by atoms with Gasteiger partial charge in [-0.1, -0.05) is 35.9 Å². The molecule has 0 radical (unpaired) electrons. The molecule has 126 valence electrons. The number of aryl methyl sites for hydroxylation is 1. The largest absolute Gasteiger partial charge is 0.368 e. The molecule has 6 heteroatoms. The van der Waals surface area contributed by atoms with Crippen LogP contribution in [0.1, 0.15) is 16.7 Å². The molecular formula is C18H18F2N2O2. The number of benzene rings is 2. The molecule has 4 nitrogen and oxygen atoms in total. The van der Waals surface area contributed by atoms with Crippen molar-refractivity contribution in [2.45, 2.75) is 25.8 Å². The van der Waals surface area contributed by atoms with Gasteiger partial charge in [0.05, 0.1) is 6.42 Å². The Bertz CT molecular complexity index is 742. The quantitative estimate of drug-likeness (QED) is 0.849. The Morgan fingerprint density at radius 3 is 2.33 bits per heavy atom. The van der Waals surface area contributed by atoms with Crippen molar-refractivity contribution in [3.8, 4) is 0 Å². The third-order valence-electron chi connectivity index (χ3n) is 3.60. The number of nitrogens with one attached hydrogen (secondary N) is 1. The summed E-state index contributed by atoms with van der Waals surface area (Å²) in [7, 11) is 0. The van der Waals surface area contributed by atoms with Crippen molar-refractivity contribution in [2.24, 2.45) is 5.73 Å². The highest BCUT2D eigenvalue weighted by Crippen LogP contribution is 2.13. The number of primary amides is 1. The molecule has 2 aromatic carbocycles. The van der Waals surface area contributed by atoms with E-state index in [2.05, 4.69) is 5.32 Å². The molecule has 0 aliphatic rings. The number of amides is 2. The van der Waals surface area contributed by atoms with E-state index in [0.29, 0.717) is 0 Å². The summed E-state index contributed by atoms with van der Waals surface area (Å²) >= 11 is 0. The van der Waals surface area contributed by atoms with Crippen molar-refractivity contribution in [1.82, 2.24) is 5.32 Å². The topological polar surface area (TPSA) is 72.2 Å². The second-order valence-corrected chi connectivity index (χ2v) is 5.59. The first-order chi connectivity index (χ1) is 11.4. The Labute approximate surface area is 138 Å². The number of nitrogens with two attached hydrogens (primary N) is 1. The van der Waals surface area contributed by atoms with Crippen molar-refractivity contribution >= 4 is 11.8 Å². The zero-order valence-corrected chi connectivity index (χ0v) is 13.2. The third kappa shape index (κ3) is 4.62. The summed E-state index contributed by atoms with van der Waals surface area (Å²) < 4.78 is 27.2. The van der Waals surface area contributed by atoms with E-state index in [9.17, 15) is 18.4 Å². The Morgan fingerprint density at radius 2 is 1.75 bits per heavy atom. The van der Waals surface area contributed by atoms with E-state index in [1.165, 1.54) is 6.07 Å². The van der Waals surface area contributed by atoms with E-state index in [0.717, 1.165) is 23.3 Å². The molecule has 2 rings (SSSR count). The van der Waals surface area contributed by atoms with Crippen LogP contribution in [-0.2, 0) is 22.4 Å². The van der Waals surface area contributed by atoms with E-state index < -0.39 is 35.9 Å². The molecule has 2 amide bonds. The number of carbonyl (C=O) groups excluding carboxylic acids is 2. The van der Waals surface area contributed by atoms with Gasteiger partial charge in [0.1, 0.15) is 17.7 Å². The van der Waals surface area contributed by atoms with Gasteiger partial charge < -0.3 is 11.1 Å². The summed E-state index contributed by atoms with van der Waals surface area (Å²) in [4.78, 5) is 23.6. The van der Waals surface area contributed by atoms with Crippen LogP contribution in [0.3, 0.4) is 0 Å². The van der Waals surface area contributed by atoms with Gasteiger partial charge in [0.15, 0.2) is 0 Å². The summed E-state index contributed by atoms with van der Waals surface area (Å²) in [6, 6.07) is 9.84. The number of rotatable bonds is 6. The number of carbonyl (C=O) groups is 2. The van der Waals surface area contributed by atoms with Crippen LogP contribution in [0.4, 0.5) is 8.78 Å². The number of hydrogen-bond donors (Lipinski definition) is 2. The molecule has 0 fully saturated rings. The van der Waals surface area contributed by atoms with Crippen LogP contribution < -0.4 is 11.1 Å². The molecule has 0 bridgehead atoms. The third-order valence-corrected chi connectivity index (χ3v) is 3.60. The summed E-state index contributed by atoms with van der Waals surface area (Å²) in [5, 5.41) is 2.44. The minimum atomic E-state index is -0.950. The highest BCUT2D eigenvalue weighted by Gasteiger charge is 2.20. The lowest BCUT2D eigenvalue weighted by atomic mass is 10.0. The Kier molecular flexibility index (Phi) is 5.63. The molecule has 3 N–H and O–H groups in total. The van der Waals surface area contributed by atoms with Gasteiger partial charge in [0.2, 0.25) is 11.8 Å². The number of halogens is 2. The lowest BCUT2D eigenvalue weighted by Crippen LogP contribution is -2.46. The summed E-state index contributed by atoms with van der Waals surface area (Å²) in [5.41, 5.74) is 6.82. The Hall–Kier alpha value is -2.76. The van der Waals surface area contributed by atoms with Gasteiger partial charge in [-0.25, -0.2) is 8.78 Å². The molecule has 24 heavy (non-hydrogen) atoms. The molecule has 0 aromatic heterocycles. The van der Waals surface area contributed by atoms with Gasteiger partial charge in [-0.3, -0.25) is 9.59 Å². The van der Waals surface area contributed by atoms with Crippen molar-refractivity contribution < 1.29 is 18.4 Å². The molecule has 0 aliphatic carbocycles. The summed E-state index contributed by atoms with van der Waals surface area (Å²) in [6.45, 7) is 1.91. The van der Waals surface area contributed by atoms with Gasteiger partial charge in [0.25, 0.3) is 0 Å².